The Kier molecular flexibility index (Phi) is 2.79. The number of rotatable bonds is 2. The molecule has 0 aliphatic carbocycles. The Morgan fingerprint density at radius 1 is 1.50 bits per heavy atom. The molecule has 0 N–H and O–H groups in total. The zero-order valence-electron chi connectivity index (χ0n) is 8.14. The number of hydrogen-bond acceptors (Lipinski definition) is 3. The smallest absolute Gasteiger partial charge is 0.212 e. The molecule has 1 aliphatic rings. The monoisotopic (exact) mass is 191 g/mol. The molecule has 0 fully saturated rings. The van der Waals surface area contributed by atoms with Gasteiger partial charge in [0.1, 0.15) is 6.10 Å². The van der Waals surface area contributed by atoms with Crippen LogP contribution >= 0.6 is 0 Å². The van der Waals surface area contributed by atoms with Crippen molar-refractivity contribution >= 4 is 0 Å². The van der Waals surface area contributed by atoms with Gasteiger partial charge in [-0.3, -0.25) is 0 Å². The van der Waals surface area contributed by atoms with Gasteiger partial charge in [-0.25, -0.2) is 4.98 Å². The first-order valence-corrected chi connectivity index (χ1v) is 4.68. The molecule has 0 bridgehead atoms. The van der Waals surface area contributed by atoms with E-state index >= 15 is 0 Å². The Hall–Kier alpha value is -1.35. The minimum Gasteiger partial charge on any atom is -0.481 e. The molecule has 1 aliphatic heterocycles. The van der Waals surface area contributed by atoms with Crippen molar-refractivity contribution < 1.29 is 9.47 Å². The quantitative estimate of drug-likeness (QED) is 0.671. The second kappa shape index (κ2) is 4.24. The lowest BCUT2D eigenvalue weighted by molar-refractivity contribution is 0.0798. The number of aromatic nitrogens is 1. The Morgan fingerprint density at radius 3 is 3.00 bits per heavy atom. The summed E-state index contributed by atoms with van der Waals surface area (Å²) in [5, 5.41) is 0. The van der Waals surface area contributed by atoms with Crippen LogP contribution in [-0.2, 0) is 4.74 Å². The van der Waals surface area contributed by atoms with Crippen molar-refractivity contribution in [3.63, 3.8) is 0 Å². The Balaban J connectivity index is 2.15. The first-order chi connectivity index (χ1) is 6.90. The van der Waals surface area contributed by atoms with Crippen molar-refractivity contribution in [3.05, 3.63) is 36.0 Å². The molecular formula is C11H13NO2. The van der Waals surface area contributed by atoms with Crippen LogP contribution in [0.4, 0.5) is 0 Å². The topological polar surface area (TPSA) is 31.4 Å². The molecule has 0 saturated heterocycles. The molecule has 2 heterocycles. The predicted octanol–water partition coefficient (Wildman–Crippen LogP) is 2.11. The summed E-state index contributed by atoms with van der Waals surface area (Å²) >= 11 is 0. The highest BCUT2D eigenvalue weighted by atomic mass is 16.5. The Bertz CT molecular complexity index is 319. The zero-order valence-corrected chi connectivity index (χ0v) is 8.14. The third-order valence-electron chi connectivity index (χ3n) is 2.19. The molecule has 0 spiro atoms. The fourth-order valence-corrected chi connectivity index (χ4v) is 1.43. The van der Waals surface area contributed by atoms with E-state index in [-0.39, 0.29) is 6.10 Å². The summed E-state index contributed by atoms with van der Waals surface area (Å²) in [6.07, 6.45) is 7.05. The summed E-state index contributed by atoms with van der Waals surface area (Å²) < 4.78 is 10.6. The largest absolute Gasteiger partial charge is 0.481 e. The van der Waals surface area contributed by atoms with E-state index in [1.165, 1.54) is 0 Å². The standard InChI is InChI=1S/C11H13NO2/c1-13-11-6-5-9(8-12-11)10-4-2-3-7-14-10/h2,4-6,8,10H,3,7H2,1H3. The normalized spacial score (nSPS) is 20.8. The Labute approximate surface area is 83.4 Å². The van der Waals surface area contributed by atoms with Crippen molar-refractivity contribution in [2.45, 2.75) is 12.5 Å². The molecule has 2 rings (SSSR count). The van der Waals surface area contributed by atoms with Crippen molar-refractivity contribution in [1.82, 2.24) is 4.98 Å². The van der Waals surface area contributed by atoms with E-state index in [0.717, 1.165) is 18.6 Å². The fraction of sp³-hybridized carbons (Fsp3) is 0.364. The van der Waals surface area contributed by atoms with Crippen molar-refractivity contribution in [2.24, 2.45) is 0 Å². The van der Waals surface area contributed by atoms with Gasteiger partial charge in [0.25, 0.3) is 0 Å². The van der Waals surface area contributed by atoms with E-state index in [1.54, 1.807) is 13.3 Å². The molecule has 0 amide bonds. The van der Waals surface area contributed by atoms with Gasteiger partial charge in [0.05, 0.1) is 13.7 Å². The van der Waals surface area contributed by atoms with E-state index in [0.29, 0.717) is 5.88 Å². The van der Waals surface area contributed by atoms with Gasteiger partial charge < -0.3 is 9.47 Å². The van der Waals surface area contributed by atoms with E-state index in [9.17, 15) is 0 Å². The maximum Gasteiger partial charge on any atom is 0.212 e. The lowest BCUT2D eigenvalue weighted by Crippen LogP contribution is -2.07. The summed E-state index contributed by atoms with van der Waals surface area (Å²) in [6, 6.07) is 3.83. The highest BCUT2D eigenvalue weighted by molar-refractivity contribution is 5.23. The van der Waals surface area contributed by atoms with Gasteiger partial charge in [-0.05, 0) is 12.5 Å². The molecule has 3 heteroatoms. The van der Waals surface area contributed by atoms with E-state index in [4.69, 9.17) is 9.47 Å². The zero-order chi connectivity index (χ0) is 9.80. The summed E-state index contributed by atoms with van der Waals surface area (Å²) in [5.41, 5.74) is 1.07. The highest BCUT2D eigenvalue weighted by Crippen LogP contribution is 2.22. The number of nitrogens with zero attached hydrogens (tertiary/aromatic N) is 1. The lowest BCUT2D eigenvalue weighted by atomic mass is 10.1. The fourth-order valence-electron chi connectivity index (χ4n) is 1.43. The lowest BCUT2D eigenvalue weighted by Gasteiger charge is -2.17. The third-order valence-corrected chi connectivity index (χ3v) is 2.19. The van der Waals surface area contributed by atoms with E-state index in [2.05, 4.69) is 17.1 Å². The minimum absolute atomic E-state index is 0.0576. The van der Waals surface area contributed by atoms with Crippen LogP contribution in [0.3, 0.4) is 0 Å². The molecule has 0 radical (unpaired) electrons. The van der Waals surface area contributed by atoms with Crippen molar-refractivity contribution in [3.8, 4) is 5.88 Å². The van der Waals surface area contributed by atoms with Gasteiger partial charge in [0.2, 0.25) is 5.88 Å². The van der Waals surface area contributed by atoms with Gasteiger partial charge in [-0.15, -0.1) is 0 Å². The predicted molar refractivity (Wildman–Crippen MR) is 53.2 cm³/mol. The van der Waals surface area contributed by atoms with Crippen LogP contribution in [0.5, 0.6) is 5.88 Å². The molecule has 0 saturated carbocycles. The van der Waals surface area contributed by atoms with Crippen molar-refractivity contribution in [1.29, 1.82) is 0 Å². The summed E-state index contributed by atoms with van der Waals surface area (Å²) in [4.78, 5) is 4.14. The molecule has 1 unspecified atom stereocenters. The summed E-state index contributed by atoms with van der Waals surface area (Å²) in [6.45, 7) is 0.785. The SMILES string of the molecule is COc1ccc(C2C=CCCO2)cn1. The van der Waals surface area contributed by atoms with E-state index in [1.807, 2.05) is 12.1 Å². The van der Waals surface area contributed by atoms with Crippen molar-refractivity contribution in [2.75, 3.05) is 13.7 Å². The van der Waals surface area contributed by atoms with Gasteiger partial charge in [0.15, 0.2) is 0 Å². The molecule has 1 aromatic heterocycles. The van der Waals surface area contributed by atoms with Crippen LogP contribution in [0, 0.1) is 0 Å². The number of ether oxygens (including phenoxy) is 2. The second-order valence-corrected chi connectivity index (χ2v) is 3.14. The first-order valence-electron chi connectivity index (χ1n) is 4.68. The van der Waals surface area contributed by atoms with Crippen LogP contribution in [-0.4, -0.2) is 18.7 Å². The average Bonchev–Trinajstić information content (AvgIpc) is 2.30. The van der Waals surface area contributed by atoms with Gasteiger partial charge in [-0.1, -0.05) is 12.2 Å². The van der Waals surface area contributed by atoms with Crippen LogP contribution in [0.2, 0.25) is 0 Å². The molecule has 1 aromatic rings. The third kappa shape index (κ3) is 1.93. The first kappa shape index (κ1) is 9.21. The average molecular weight is 191 g/mol. The van der Waals surface area contributed by atoms with Gasteiger partial charge in [-0.2, -0.15) is 0 Å². The molecule has 1 atom stereocenters. The molecule has 3 nitrogen and oxygen atoms in total. The Morgan fingerprint density at radius 2 is 2.43 bits per heavy atom. The van der Waals surface area contributed by atoms with Crippen LogP contribution in [0.15, 0.2) is 30.5 Å². The summed E-state index contributed by atoms with van der Waals surface area (Å²) in [7, 11) is 1.61. The molecule has 0 aromatic carbocycles. The summed E-state index contributed by atoms with van der Waals surface area (Å²) in [5.74, 6) is 0.633. The van der Waals surface area contributed by atoms with Crippen LogP contribution in [0.25, 0.3) is 0 Å². The van der Waals surface area contributed by atoms with E-state index < -0.39 is 0 Å². The number of hydrogen-bond donors (Lipinski definition) is 0. The molecule has 74 valence electrons. The van der Waals surface area contributed by atoms with Crippen LogP contribution < -0.4 is 4.74 Å². The maximum atomic E-state index is 5.57. The minimum atomic E-state index is 0.0576. The second-order valence-electron chi connectivity index (χ2n) is 3.14. The van der Waals surface area contributed by atoms with Crippen LogP contribution in [0.1, 0.15) is 18.1 Å². The highest BCUT2D eigenvalue weighted by Gasteiger charge is 2.11. The van der Waals surface area contributed by atoms with Gasteiger partial charge >= 0.3 is 0 Å². The molecule has 14 heavy (non-hydrogen) atoms. The van der Waals surface area contributed by atoms with Gasteiger partial charge in [0, 0.05) is 17.8 Å². The molecular weight excluding hydrogens is 178 g/mol. The maximum absolute atomic E-state index is 5.57. The number of pyridine rings is 1. The number of methoxy groups -OCH3 is 1.